The topological polar surface area (TPSA) is 38.0 Å². The Kier molecular flexibility index (Phi) is 6.09. The fourth-order valence-electron chi connectivity index (χ4n) is 2.21. The minimum atomic E-state index is 0.411. The lowest BCUT2D eigenvalue weighted by molar-refractivity contribution is 0.438. The third kappa shape index (κ3) is 3.95. The second-order valence-corrected chi connectivity index (χ2v) is 5.92. The standard InChI is InChI=1S/C14H21BrN2S/c1-4-10(5-2)9(3)17-13-7-6-11(15)8-12(13)14(16)18/h6-10,17H,4-5H2,1-3H3,(H2,16,18). The lowest BCUT2D eigenvalue weighted by Gasteiger charge is -2.25. The van der Waals surface area contributed by atoms with Gasteiger partial charge in [0.1, 0.15) is 4.99 Å². The largest absolute Gasteiger partial charge is 0.389 e. The predicted molar refractivity (Wildman–Crippen MR) is 87.2 cm³/mol. The van der Waals surface area contributed by atoms with Crippen LogP contribution in [0, 0.1) is 5.92 Å². The van der Waals surface area contributed by atoms with Crippen molar-refractivity contribution in [1.82, 2.24) is 0 Å². The van der Waals surface area contributed by atoms with E-state index in [1.807, 2.05) is 18.2 Å². The zero-order chi connectivity index (χ0) is 13.7. The Morgan fingerprint density at radius 2 is 2.00 bits per heavy atom. The fourth-order valence-corrected chi connectivity index (χ4v) is 2.74. The molecular weight excluding hydrogens is 308 g/mol. The number of hydrogen-bond acceptors (Lipinski definition) is 2. The smallest absolute Gasteiger partial charge is 0.106 e. The molecule has 0 aromatic heterocycles. The molecular formula is C14H21BrN2S. The van der Waals surface area contributed by atoms with E-state index in [1.54, 1.807) is 0 Å². The van der Waals surface area contributed by atoms with Crippen molar-refractivity contribution in [2.24, 2.45) is 11.7 Å². The molecule has 1 atom stereocenters. The minimum Gasteiger partial charge on any atom is -0.389 e. The maximum atomic E-state index is 5.77. The number of benzene rings is 1. The van der Waals surface area contributed by atoms with Crippen molar-refractivity contribution in [3.8, 4) is 0 Å². The Morgan fingerprint density at radius 3 is 2.50 bits per heavy atom. The predicted octanol–water partition coefficient (Wildman–Crippen LogP) is 4.32. The van der Waals surface area contributed by atoms with E-state index in [0.717, 1.165) is 15.7 Å². The van der Waals surface area contributed by atoms with Gasteiger partial charge in [-0.05, 0) is 31.0 Å². The van der Waals surface area contributed by atoms with Gasteiger partial charge in [-0.2, -0.15) is 0 Å². The average molecular weight is 329 g/mol. The molecule has 0 saturated heterocycles. The SMILES string of the molecule is CCC(CC)C(C)Nc1ccc(Br)cc1C(N)=S. The lowest BCUT2D eigenvalue weighted by Crippen LogP contribution is -2.26. The van der Waals surface area contributed by atoms with Gasteiger partial charge >= 0.3 is 0 Å². The van der Waals surface area contributed by atoms with Gasteiger partial charge in [0.25, 0.3) is 0 Å². The highest BCUT2D eigenvalue weighted by Crippen LogP contribution is 2.24. The zero-order valence-electron chi connectivity index (χ0n) is 11.2. The monoisotopic (exact) mass is 328 g/mol. The van der Waals surface area contributed by atoms with Crippen LogP contribution >= 0.6 is 28.1 Å². The number of hydrogen-bond donors (Lipinski definition) is 2. The number of thiocarbonyl (C=S) groups is 1. The molecule has 0 fully saturated rings. The van der Waals surface area contributed by atoms with Crippen molar-refractivity contribution < 1.29 is 0 Å². The van der Waals surface area contributed by atoms with Crippen molar-refractivity contribution >= 4 is 38.8 Å². The van der Waals surface area contributed by atoms with Crippen LogP contribution in [-0.4, -0.2) is 11.0 Å². The summed E-state index contributed by atoms with van der Waals surface area (Å²) in [5, 5.41) is 3.53. The van der Waals surface area contributed by atoms with E-state index >= 15 is 0 Å². The van der Waals surface area contributed by atoms with E-state index in [1.165, 1.54) is 12.8 Å². The fraction of sp³-hybridized carbons (Fsp3) is 0.500. The molecule has 18 heavy (non-hydrogen) atoms. The van der Waals surface area contributed by atoms with Gasteiger partial charge in [-0.15, -0.1) is 0 Å². The van der Waals surface area contributed by atoms with Crippen LogP contribution in [0.1, 0.15) is 39.2 Å². The molecule has 0 radical (unpaired) electrons. The van der Waals surface area contributed by atoms with Crippen molar-refractivity contribution in [3.05, 3.63) is 28.2 Å². The molecule has 0 amide bonds. The third-order valence-corrected chi connectivity index (χ3v) is 4.10. The number of nitrogens with one attached hydrogen (secondary N) is 1. The Hall–Kier alpha value is -0.610. The van der Waals surface area contributed by atoms with Crippen molar-refractivity contribution in [3.63, 3.8) is 0 Å². The van der Waals surface area contributed by atoms with Gasteiger partial charge in [-0.1, -0.05) is 54.8 Å². The van der Waals surface area contributed by atoms with Gasteiger partial charge in [0.05, 0.1) is 0 Å². The molecule has 1 rings (SSSR count). The summed E-state index contributed by atoms with van der Waals surface area (Å²) in [6.45, 7) is 6.66. The number of anilines is 1. The van der Waals surface area contributed by atoms with Gasteiger partial charge in [-0.3, -0.25) is 0 Å². The molecule has 2 nitrogen and oxygen atoms in total. The number of rotatable bonds is 6. The highest BCUT2D eigenvalue weighted by atomic mass is 79.9. The van der Waals surface area contributed by atoms with Gasteiger partial charge in [0.15, 0.2) is 0 Å². The first-order chi connectivity index (χ1) is 8.49. The van der Waals surface area contributed by atoms with Crippen molar-refractivity contribution in [2.45, 2.75) is 39.7 Å². The Morgan fingerprint density at radius 1 is 1.39 bits per heavy atom. The highest BCUT2D eigenvalue weighted by Gasteiger charge is 2.15. The molecule has 0 bridgehead atoms. The molecule has 0 heterocycles. The molecule has 1 aromatic rings. The molecule has 100 valence electrons. The van der Waals surface area contributed by atoms with Crippen LogP contribution in [0.3, 0.4) is 0 Å². The summed E-state index contributed by atoms with van der Waals surface area (Å²) in [5.74, 6) is 0.660. The van der Waals surface area contributed by atoms with Crippen LogP contribution in [0.15, 0.2) is 22.7 Å². The Bertz CT molecular complexity index is 416. The first-order valence-corrected chi connectivity index (χ1v) is 7.55. The van der Waals surface area contributed by atoms with E-state index in [2.05, 4.69) is 42.0 Å². The number of nitrogens with two attached hydrogens (primary N) is 1. The summed E-state index contributed by atoms with van der Waals surface area (Å²) in [5.41, 5.74) is 7.69. The van der Waals surface area contributed by atoms with Gasteiger partial charge < -0.3 is 11.1 Å². The maximum Gasteiger partial charge on any atom is 0.106 e. The first kappa shape index (κ1) is 15.4. The molecule has 0 aliphatic heterocycles. The van der Waals surface area contributed by atoms with E-state index in [9.17, 15) is 0 Å². The van der Waals surface area contributed by atoms with Crippen molar-refractivity contribution in [1.29, 1.82) is 0 Å². The molecule has 3 N–H and O–H groups in total. The molecule has 4 heteroatoms. The minimum absolute atomic E-state index is 0.411. The quantitative estimate of drug-likeness (QED) is 0.764. The van der Waals surface area contributed by atoms with E-state index in [4.69, 9.17) is 18.0 Å². The zero-order valence-corrected chi connectivity index (χ0v) is 13.6. The molecule has 1 aromatic carbocycles. The number of halogens is 1. The average Bonchev–Trinajstić information content (AvgIpc) is 2.32. The van der Waals surface area contributed by atoms with Crippen LogP contribution in [0.25, 0.3) is 0 Å². The van der Waals surface area contributed by atoms with Crippen LogP contribution in [-0.2, 0) is 0 Å². The van der Waals surface area contributed by atoms with E-state index < -0.39 is 0 Å². The molecule has 1 unspecified atom stereocenters. The molecule has 0 aliphatic carbocycles. The normalized spacial score (nSPS) is 12.5. The van der Waals surface area contributed by atoms with Crippen LogP contribution in [0.5, 0.6) is 0 Å². The van der Waals surface area contributed by atoms with E-state index in [-0.39, 0.29) is 0 Å². The van der Waals surface area contributed by atoms with Crippen molar-refractivity contribution in [2.75, 3.05) is 5.32 Å². The molecule has 0 aliphatic rings. The molecule has 0 spiro atoms. The first-order valence-electron chi connectivity index (χ1n) is 6.35. The van der Waals surface area contributed by atoms with Gasteiger partial charge in [-0.25, -0.2) is 0 Å². The maximum absolute atomic E-state index is 5.77. The summed E-state index contributed by atoms with van der Waals surface area (Å²) in [4.78, 5) is 0.426. The summed E-state index contributed by atoms with van der Waals surface area (Å²) >= 11 is 8.55. The van der Waals surface area contributed by atoms with Crippen LogP contribution in [0.4, 0.5) is 5.69 Å². The van der Waals surface area contributed by atoms with Gasteiger partial charge in [0, 0.05) is 21.8 Å². The summed E-state index contributed by atoms with van der Waals surface area (Å²) < 4.78 is 0.992. The highest BCUT2D eigenvalue weighted by molar-refractivity contribution is 9.10. The summed E-state index contributed by atoms with van der Waals surface area (Å²) in [7, 11) is 0. The second kappa shape index (κ2) is 7.10. The Labute approximate surface area is 123 Å². The Balaban J connectivity index is 2.93. The second-order valence-electron chi connectivity index (χ2n) is 4.56. The lowest BCUT2D eigenvalue weighted by atomic mass is 9.95. The summed E-state index contributed by atoms with van der Waals surface area (Å²) in [6, 6.07) is 6.40. The van der Waals surface area contributed by atoms with Gasteiger partial charge in [0.2, 0.25) is 0 Å². The van der Waals surface area contributed by atoms with Crippen LogP contribution in [0.2, 0.25) is 0 Å². The summed E-state index contributed by atoms with van der Waals surface area (Å²) in [6.07, 6.45) is 2.34. The van der Waals surface area contributed by atoms with E-state index in [0.29, 0.717) is 16.9 Å². The molecule has 0 saturated carbocycles. The third-order valence-electron chi connectivity index (χ3n) is 3.39. The van der Waals surface area contributed by atoms with Crippen LogP contribution < -0.4 is 11.1 Å².